The number of hydrogen-bond donors (Lipinski definition) is 0. The molecule has 0 N–H and O–H groups in total. The van der Waals surface area contributed by atoms with Crippen LogP contribution in [0.25, 0.3) is 11.1 Å². The third-order valence-electron chi connectivity index (χ3n) is 2.54. The van der Waals surface area contributed by atoms with Crippen molar-refractivity contribution in [1.82, 2.24) is 0 Å². The summed E-state index contributed by atoms with van der Waals surface area (Å²) < 4.78 is 0. The number of rotatable bonds is 0. The lowest BCUT2D eigenvalue weighted by molar-refractivity contribution is 1.69. The zero-order valence-corrected chi connectivity index (χ0v) is 10.0. The molecule has 15 heavy (non-hydrogen) atoms. The maximum atomic E-state index is 2.37. The molecule has 1 aliphatic rings. The molecule has 1 heterocycles. The van der Waals surface area contributed by atoms with E-state index in [1.165, 1.54) is 29.9 Å². The minimum absolute atomic E-state index is 0.825. The minimum atomic E-state index is 0.825. The van der Waals surface area contributed by atoms with Gasteiger partial charge in [-0.25, -0.2) is 0 Å². The lowest BCUT2D eigenvalue weighted by Crippen LogP contribution is -2.02. The van der Waals surface area contributed by atoms with Gasteiger partial charge in [0.2, 0.25) is 0 Å². The van der Waals surface area contributed by atoms with Gasteiger partial charge in [-0.05, 0) is 28.0 Å². The van der Waals surface area contributed by atoms with Crippen molar-refractivity contribution in [2.75, 3.05) is 0 Å². The zero-order chi connectivity index (χ0) is 10.1. The van der Waals surface area contributed by atoms with Gasteiger partial charge in [-0.2, -0.15) is 0 Å². The summed E-state index contributed by atoms with van der Waals surface area (Å²) in [5.74, 6) is 0. The van der Waals surface area contributed by atoms with Crippen molar-refractivity contribution in [2.24, 2.45) is 0 Å². The molecule has 0 bridgehead atoms. The monoisotopic (exact) mass is 228 g/mol. The quantitative estimate of drug-likeness (QED) is 0.608. The Morgan fingerprint density at radius 2 is 1.53 bits per heavy atom. The van der Waals surface area contributed by atoms with Gasteiger partial charge in [-0.15, -0.1) is 0 Å². The molecule has 0 aliphatic carbocycles. The molecule has 0 nitrogen and oxygen atoms in total. The van der Waals surface area contributed by atoms with Crippen LogP contribution in [0.5, 0.6) is 0 Å². The Balaban J connectivity index is 2.33. The van der Waals surface area contributed by atoms with E-state index >= 15 is 0 Å². The highest BCUT2D eigenvalue weighted by molar-refractivity contribution is 7.77. The molecule has 2 heteroatoms. The Morgan fingerprint density at radius 3 is 2.47 bits per heavy atom. The first kappa shape index (κ1) is 9.28. The molecule has 2 aromatic rings. The number of hydrogen-bond acceptors (Lipinski definition) is 0. The number of fused-ring (bicyclic) bond motifs is 3. The summed E-state index contributed by atoms with van der Waals surface area (Å²) in [6.07, 6.45) is 0. The van der Waals surface area contributed by atoms with E-state index in [-0.39, 0.29) is 0 Å². The predicted molar refractivity (Wildman–Crippen MR) is 72.4 cm³/mol. The lowest BCUT2D eigenvalue weighted by atomic mass is 10.1. The van der Waals surface area contributed by atoms with Crippen LogP contribution >= 0.6 is 16.8 Å². The zero-order valence-electron chi connectivity index (χ0n) is 8.14. The summed E-state index contributed by atoms with van der Waals surface area (Å²) in [6.45, 7) is 0. The Kier molecular flexibility index (Phi) is 2.41. The van der Waals surface area contributed by atoms with Crippen molar-refractivity contribution in [3.63, 3.8) is 0 Å². The van der Waals surface area contributed by atoms with Crippen LogP contribution in [0, 0.1) is 0 Å². The highest BCUT2D eigenvalue weighted by Gasteiger charge is 2.09. The van der Waals surface area contributed by atoms with Gasteiger partial charge in [-0.3, -0.25) is 0 Å². The molecule has 72 valence electrons. The maximum Gasteiger partial charge on any atom is 0.00968 e. The summed E-state index contributed by atoms with van der Waals surface area (Å²) >= 11 is 0. The molecule has 0 fully saturated rings. The molecular weight excluding hydrogens is 218 g/mol. The molecule has 1 atom stereocenters. The van der Waals surface area contributed by atoms with Gasteiger partial charge in [-0.1, -0.05) is 59.2 Å². The van der Waals surface area contributed by atoms with E-state index < -0.39 is 0 Å². The summed E-state index contributed by atoms with van der Waals surface area (Å²) in [5.41, 5.74) is 5.17. The first-order valence-corrected chi connectivity index (χ1v) is 6.97. The van der Waals surface area contributed by atoms with Crippen LogP contribution in [0.2, 0.25) is 0 Å². The second-order valence-electron chi connectivity index (χ2n) is 3.47. The molecule has 1 unspecified atom stereocenters. The molecule has 2 aromatic carbocycles. The van der Waals surface area contributed by atoms with Crippen molar-refractivity contribution in [3.8, 4) is 11.1 Å². The number of benzene rings is 2. The fraction of sp³-hybridized carbons (Fsp3) is 0. The first-order valence-electron chi connectivity index (χ1n) is 4.93. The second-order valence-corrected chi connectivity index (χ2v) is 6.07. The maximum absolute atomic E-state index is 2.37. The molecule has 0 amide bonds. The Morgan fingerprint density at radius 1 is 0.800 bits per heavy atom. The standard InChI is InChI=1S/C13H10P2/c1-3-7-12-10(5-1)11-6-2-4-8-13(11)15-9-14-12/h1-9,14H. The van der Waals surface area contributed by atoms with Gasteiger partial charge in [0.25, 0.3) is 0 Å². The van der Waals surface area contributed by atoms with Gasteiger partial charge in [0.1, 0.15) is 0 Å². The van der Waals surface area contributed by atoms with E-state index in [0.29, 0.717) is 0 Å². The summed E-state index contributed by atoms with van der Waals surface area (Å²) in [7, 11) is 2.18. The SMILES string of the molecule is C1=Pc2ccccc2-c2ccccc2P1. The fourth-order valence-corrected chi connectivity index (χ4v) is 4.27. The van der Waals surface area contributed by atoms with Crippen molar-refractivity contribution < 1.29 is 0 Å². The summed E-state index contributed by atoms with van der Waals surface area (Å²) in [5, 5.41) is 2.89. The average molecular weight is 228 g/mol. The van der Waals surface area contributed by atoms with E-state index in [1.54, 1.807) is 0 Å². The van der Waals surface area contributed by atoms with Crippen LogP contribution < -0.4 is 10.6 Å². The minimum Gasteiger partial charge on any atom is -0.0672 e. The normalized spacial score (nSPS) is 15.5. The third kappa shape index (κ3) is 1.65. The second kappa shape index (κ2) is 3.89. The molecule has 0 spiro atoms. The van der Waals surface area contributed by atoms with Crippen LogP contribution in [-0.4, -0.2) is 5.54 Å². The molecule has 1 aliphatic heterocycles. The van der Waals surface area contributed by atoms with Crippen molar-refractivity contribution in [1.29, 1.82) is 0 Å². The van der Waals surface area contributed by atoms with E-state index in [1.807, 2.05) is 0 Å². The van der Waals surface area contributed by atoms with Gasteiger partial charge in [0, 0.05) is 5.30 Å². The average Bonchev–Trinajstić information content (AvgIpc) is 2.48. The topological polar surface area (TPSA) is 0 Å². The third-order valence-corrected chi connectivity index (χ3v) is 4.99. The van der Waals surface area contributed by atoms with Crippen LogP contribution in [0.15, 0.2) is 48.5 Å². The molecular formula is C13H10P2. The summed E-state index contributed by atoms with van der Waals surface area (Å²) in [4.78, 5) is 0. The molecule has 3 rings (SSSR count). The first-order chi connectivity index (χ1) is 7.45. The fourth-order valence-electron chi connectivity index (χ4n) is 1.83. The van der Waals surface area contributed by atoms with E-state index in [2.05, 4.69) is 54.1 Å². The van der Waals surface area contributed by atoms with Crippen LogP contribution in [-0.2, 0) is 0 Å². The van der Waals surface area contributed by atoms with Crippen LogP contribution in [0.1, 0.15) is 0 Å². The largest absolute Gasteiger partial charge is 0.0672 e. The Bertz CT molecular complexity index is 530. The smallest absolute Gasteiger partial charge is 0.00968 e. The van der Waals surface area contributed by atoms with Gasteiger partial charge >= 0.3 is 0 Å². The summed E-state index contributed by atoms with van der Waals surface area (Å²) in [6, 6.07) is 17.4. The Hall–Kier alpha value is -0.960. The Labute approximate surface area is 92.9 Å². The highest BCUT2D eigenvalue weighted by Crippen LogP contribution is 2.27. The van der Waals surface area contributed by atoms with Gasteiger partial charge < -0.3 is 0 Å². The molecule has 0 radical (unpaired) electrons. The van der Waals surface area contributed by atoms with E-state index in [4.69, 9.17) is 0 Å². The highest BCUT2D eigenvalue weighted by atomic mass is 31.1. The molecule has 0 saturated carbocycles. The van der Waals surface area contributed by atoms with Crippen molar-refractivity contribution in [3.05, 3.63) is 48.5 Å². The van der Waals surface area contributed by atoms with Crippen LogP contribution in [0.3, 0.4) is 0 Å². The van der Waals surface area contributed by atoms with E-state index in [9.17, 15) is 0 Å². The van der Waals surface area contributed by atoms with Crippen molar-refractivity contribution >= 4 is 32.9 Å². The van der Waals surface area contributed by atoms with Crippen molar-refractivity contribution in [2.45, 2.75) is 0 Å². The molecule has 0 saturated heterocycles. The van der Waals surface area contributed by atoms with Gasteiger partial charge in [0.05, 0.1) is 0 Å². The van der Waals surface area contributed by atoms with E-state index in [0.717, 1.165) is 8.58 Å². The van der Waals surface area contributed by atoms with Crippen LogP contribution in [0.4, 0.5) is 0 Å². The lowest BCUT2D eigenvalue weighted by Gasteiger charge is -2.07. The predicted octanol–water partition coefficient (Wildman–Crippen LogP) is 3.00. The molecule has 0 aromatic heterocycles. The van der Waals surface area contributed by atoms with Gasteiger partial charge in [0.15, 0.2) is 0 Å².